The van der Waals surface area contributed by atoms with Crippen molar-refractivity contribution in [2.24, 2.45) is 0 Å². The van der Waals surface area contributed by atoms with E-state index in [9.17, 15) is 4.79 Å². The van der Waals surface area contributed by atoms with Crippen LogP contribution in [0, 0.1) is 0 Å². The lowest BCUT2D eigenvalue weighted by Gasteiger charge is -2.25. The highest BCUT2D eigenvalue weighted by Gasteiger charge is 2.19. The molecule has 2 aromatic rings. The normalized spacial score (nSPS) is 16.0. The Morgan fingerprint density at radius 1 is 1.24 bits per heavy atom. The number of benzene rings is 1. The molecule has 0 unspecified atom stereocenters. The molecular formula is C19H23N3O3. The van der Waals surface area contributed by atoms with Gasteiger partial charge in [0.1, 0.15) is 0 Å². The smallest absolute Gasteiger partial charge is 0.315 e. The monoisotopic (exact) mass is 341 g/mol. The average molecular weight is 341 g/mol. The van der Waals surface area contributed by atoms with Gasteiger partial charge < -0.3 is 20.1 Å². The van der Waals surface area contributed by atoms with E-state index in [2.05, 4.69) is 27.8 Å². The minimum Gasteiger partial charge on any atom is -0.478 e. The van der Waals surface area contributed by atoms with Crippen LogP contribution in [0.25, 0.3) is 0 Å². The van der Waals surface area contributed by atoms with E-state index >= 15 is 0 Å². The molecule has 0 saturated heterocycles. The molecule has 1 atom stereocenters. The predicted octanol–water partition coefficient (Wildman–Crippen LogP) is 2.42. The molecule has 1 aromatic carbocycles. The van der Waals surface area contributed by atoms with E-state index in [1.807, 2.05) is 31.2 Å². The lowest BCUT2D eigenvalue weighted by Crippen LogP contribution is -2.41. The Labute approximate surface area is 147 Å². The van der Waals surface area contributed by atoms with E-state index in [4.69, 9.17) is 9.47 Å². The number of nitrogens with zero attached hydrogens (tertiary/aromatic N) is 1. The van der Waals surface area contributed by atoms with Crippen molar-refractivity contribution >= 4 is 6.03 Å². The average Bonchev–Trinajstić information content (AvgIpc) is 2.66. The molecule has 1 aliphatic heterocycles. The van der Waals surface area contributed by atoms with Crippen LogP contribution in [0.2, 0.25) is 0 Å². The Hall–Kier alpha value is -2.60. The van der Waals surface area contributed by atoms with Gasteiger partial charge in [-0.05, 0) is 24.1 Å². The third-order valence-corrected chi connectivity index (χ3v) is 4.10. The molecule has 6 heteroatoms. The summed E-state index contributed by atoms with van der Waals surface area (Å²) < 4.78 is 11.3. The number of nitrogens with one attached hydrogen (secondary N) is 2. The summed E-state index contributed by atoms with van der Waals surface area (Å²) in [7, 11) is 0. The second-order valence-electron chi connectivity index (χ2n) is 5.87. The Morgan fingerprint density at radius 3 is 2.92 bits per heavy atom. The number of fused-ring (bicyclic) bond motifs is 1. The number of carbonyl (C=O) groups is 1. The number of urea groups is 1. The summed E-state index contributed by atoms with van der Waals surface area (Å²) in [4.78, 5) is 16.2. The summed E-state index contributed by atoms with van der Waals surface area (Å²) in [6.45, 7) is 3.88. The number of amides is 2. The third-order valence-electron chi connectivity index (χ3n) is 4.10. The molecule has 25 heavy (non-hydrogen) atoms. The fourth-order valence-corrected chi connectivity index (χ4v) is 2.81. The summed E-state index contributed by atoms with van der Waals surface area (Å²) >= 11 is 0. The van der Waals surface area contributed by atoms with Crippen LogP contribution in [-0.4, -0.2) is 30.3 Å². The topological polar surface area (TPSA) is 72.5 Å². The van der Waals surface area contributed by atoms with E-state index < -0.39 is 0 Å². The van der Waals surface area contributed by atoms with Crippen LogP contribution in [0.1, 0.15) is 23.6 Å². The highest BCUT2D eigenvalue weighted by molar-refractivity contribution is 5.73. The molecule has 132 valence electrons. The highest BCUT2D eigenvalue weighted by atomic mass is 16.5. The van der Waals surface area contributed by atoms with Gasteiger partial charge in [-0.2, -0.15) is 0 Å². The summed E-state index contributed by atoms with van der Waals surface area (Å²) in [5.41, 5.74) is 3.36. The van der Waals surface area contributed by atoms with Crippen molar-refractivity contribution in [3.8, 4) is 5.88 Å². The number of hydrogen-bond acceptors (Lipinski definition) is 4. The number of carbonyl (C=O) groups excluding carboxylic acids is 1. The zero-order valence-electron chi connectivity index (χ0n) is 14.3. The molecule has 0 aliphatic carbocycles. The van der Waals surface area contributed by atoms with Crippen molar-refractivity contribution < 1.29 is 14.3 Å². The maximum absolute atomic E-state index is 12.0. The van der Waals surface area contributed by atoms with Crippen molar-refractivity contribution in [2.45, 2.75) is 32.6 Å². The Kier molecular flexibility index (Phi) is 5.85. The van der Waals surface area contributed by atoms with Gasteiger partial charge in [-0.3, -0.25) is 0 Å². The molecule has 0 fully saturated rings. The number of rotatable bonds is 6. The summed E-state index contributed by atoms with van der Waals surface area (Å²) in [6, 6.07) is 11.7. The summed E-state index contributed by atoms with van der Waals surface area (Å²) in [6.07, 6.45) is 2.48. The minimum atomic E-state index is -0.228. The molecule has 0 spiro atoms. The van der Waals surface area contributed by atoms with E-state index in [-0.39, 0.29) is 12.1 Å². The van der Waals surface area contributed by atoms with E-state index in [0.29, 0.717) is 32.2 Å². The van der Waals surface area contributed by atoms with E-state index in [1.165, 1.54) is 11.1 Å². The fraction of sp³-hybridized carbons (Fsp3) is 0.368. The van der Waals surface area contributed by atoms with Gasteiger partial charge in [0.25, 0.3) is 0 Å². The fourth-order valence-electron chi connectivity index (χ4n) is 2.81. The van der Waals surface area contributed by atoms with Gasteiger partial charge in [0.05, 0.1) is 19.3 Å². The number of aromatic nitrogens is 1. The second-order valence-corrected chi connectivity index (χ2v) is 5.87. The number of ether oxygens (including phenoxy) is 2. The van der Waals surface area contributed by atoms with Gasteiger partial charge in [-0.15, -0.1) is 0 Å². The lowest BCUT2D eigenvalue weighted by molar-refractivity contribution is 0.0305. The van der Waals surface area contributed by atoms with Gasteiger partial charge in [-0.1, -0.05) is 30.3 Å². The first kappa shape index (κ1) is 17.2. The first-order valence-electron chi connectivity index (χ1n) is 8.53. The maximum atomic E-state index is 12.0. The first-order valence-corrected chi connectivity index (χ1v) is 8.53. The van der Waals surface area contributed by atoms with Gasteiger partial charge in [-0.25, -0.2) is 9.78 Å². The van der Waals surface area contributed by atoms with Gasteiger partial charge in [0.2, 0.25) is 5.88 Å². The quantitative estimate of drug-likeness (QED) is 0.846. The molecule has 1 aromatic heterocycles. The second kappa shape index (κ2) is 8.48. The molecular weight excluding hydrogens is 318 g/mol. The molecule has 3 rings (SSSR count). The molecule has 2 N–H and O–H groups in total. The van der Waals surface area contributed by atoms with Crippen LogP contribution in [0.3, 0.4) is 0 Å². The predicted molar refractivity (Wildman–Crippen MR) is 94.4 cm³/mol. The van der Waals surface area contributed by atoms with Crippen LogP contribution in [0.15, 0.2) is 42.6 Å². The van der Waals surface area contributed by atoms with Gasteiger partial charge in [0.15, 0.2) is 0 Å². The zero-order chi connectivity index (χ0) is 17.5. The summed E-state index contributed by atoms with van der Waals surface area (Å²) in [5.74, 6) is 0.553. The van der Waals surface area contributed by atoms with Crippen molar-refractivity contribution in [1.29, 1.82) is 0 Å². The van der Waals surface area contributed by atoms with Crippen molar-refractivity contribution in [3.05, 3.63) is 59.3 Å². The van der Waals surface area contributed by atoms with Crippen LogP contribution in [-0.2, 0) is 24.3 Å². The lowest BCUT2D eigenvalue weighted by atomic mass is 9.99. The van der Waals surface area contributed by atoms with Crippen LogP contribution < -0.4 is 15.4 Å². The third kappa shape index (κ3) is 4.70. The first-order chi connectivity index (χ1) is 12.3. The Bertz CT molecular complexity index is 721. The van der Waals surface area contributed by atoms with Gasteiger partial charge in [0, 0.05) is 31.3 Å². The number of hydrogen-bond donors (Lipinski definition) is 2. The Balaban J connectivity index is 1.45. The molecule has 2 amide bonds. The molecule has 1 aliphatic rings. The molecule has 0 saturated carbocycles. The Morgan fingerprint density at radius 2 is 2.08 bits per heavy atom. The van der Waals surface area contributed by atoms with Crippen molar-refractivity contribution in [3.63, 3.8) is 0 Å². The zero-order valence-corrected chi connectivity index (χ0v) is 14.3. The summed E-state index contributed by atoms with van der Waals surface area (Å²) in [5, 5.41) is 5.70. The highest BCUT2D eigenvalue weighted by Crippen LogP contribution is 2.19. The van der Waals surface area contributed by atoms with E-state index in [0.717, 1.165) is 12.0 Å². The molecule has 2 heterocycles. The van der Waals surface area contributed by atoms with Crippen molar-refractivity contribution in [2.75, 3.05) is 13.2 Å². The van der Waals surface area contributed by atoms with Crippen LogP contribution in [0.5, 0.6) is 5.88 Å². The van der Waals surface area contributed by atoms with E-state index in [1.54, 1.807) is 6.20 Å². The number of pyridine rings is 1. The standard InChI is InChI=1S/C19H23N3O3/c1-2-24-18-15(8-5-9-20-18)11-21-19(23)22-12-17-10-14-6-3-4-7-16(14)13-25-17/h3-9,17H,2,10-13H2,1H3,(H2,21,22,23)/t17-/m0/s1. The van der Waals surface area contributed by atoms with Gasteiger partial charge >= 0.3 is 6.03 Å². The molecule has 6 nitrogen and oxygen atoms in total. The molecule has 0 radical (unpaired) electrons. The minimum absolute atomic E-state index is 0.00183. The molecule has 0 bridgehead atoms. The van der Waals surface area contributed by atoms with Crippen LogP contribution >= 0.6 is 0 Å². The van der Waals surface area contributed by atoms with Crippen LogP contribution in [0.4, 0.5) is 4.79 Å². The van der Waals surface area contributed by atoms with Crippen molar-refractivity contribution in [1.82, 2.24) is 15.6 Å². The SMILES string of the molecule is CCOc1ncccc1CNC(=O)NC[C@@H]1Cc2ccccc2CO1. The largest absolute Gasteiger partial charge is 0.478 e. The maximum Gasteiger partial charge on any atom is 0.315 e.